The molecule has 88 valence electrons. The van der Waals surface area contributed by atoms with E-state index in [2.05, 4.69) is 22.0 Å². The molecule has 0 saturated carbocycles. The van der Waals surface area contributed by atoms with E-state index in [1.807, 2.05) is 4.90 Å². The predicted octanol–water partition coefficient (Wildman–Crippen LogP) is -0.230. The van der Waals surface area contributed by atoms with Gasteiger partial charge in [-0.1, -0.05) is 6.92 Å². The number of carbonyl (C=O) groups is 1. The van der Waals surface area contributed by atoms with Crippen LogP contribution in [0.25, 0.3) is 0 Å². The largest absolute Gasteiger partial charge is 0.383 e. The van der Waals surface area contributed by atoms with E-state index in [4.69, 9.17) is 5.73 Å². The van der Waals surface area contributed by atoms with Gasteiger partial charge in [-0.3, -0.25) is 9.89 Å². The van der Waals surface area contributed by atoms with Crippen LogP contribution in [-0.2, 0) is 0 Å². The molecule has 6 heteroatoms. The zero-order valence-corrected chi connectivity index (χ0v) is 9.44. The van der Waals surface area contributed by atoms with Gasteiger partial charge in [0, 0.05) is 26.2 Å². The quantitative estimate of drug-likeness (QED) is 0.726. The Bertz CT molecular complexity index is 367. The van der Waals surface area contributed by atoms with Crippen LogP contribution in [-0.4, -0.2) is 58.6 Å². The van der Waals surface area contributed by atoms with Crippen molar-refractivity contribution < 1.29 is 4.79 Å². The molecular weight excluding hydrogens is 206 g/mol. The second-order valence-electron chi connectivity index (χ2n) is 3.92. The third-order valence-electron chi connectivity index (χ3n) is 3.01. The van der Waals surface area contributed by atoms with Crippen molar-refractivity contribution in [2.75, 3.05) is 38.5 Å². The molecule has 0 radical (unpaired) electrons. The number of aromatic nitrogens is 2. The van der Waals surface area contributed by atoms with Crippen LogP contribution in [0.3, 0.4) is 0 Å². The fraction of sp³-hybridized carbons (Fsp3) is 0.600. The van der Waals surface area contributed by atoms with Gasteiger partial charge in [0.2, 0.25) is 0 Å². The van der Waals surface area contributed by atoms with Gasteiger partial charge >= 0.3 is 0 Å². The fourth-order valence-electron chi connectivity index (χ4n) is 1.90. The average Bonchev–Trinajstić information content (AvgIpc) is 2.75. The number of rotatable bonds is 2. The van der Waals surface area contributed by atoms with Crippen molar-refractivity contribution in [3.05, 3.63) is 11.8 Å². The number of nitrogens with zero attached hydrogens (tertiary/aromatic N) is 3. The van der Waals surface area contributed by atoms with E-state index >= 15 is 0 Å². The van der Waals surface area contributed by atoms with E-state index in [1.165, 1.54) is 6.20 Å². The monoisotopic (exact) mass is 223 g/mol. The number of H-pyrrole nitrogens is 1. The van der Waals surface area contributed by atoms with Crippen molar-refractivity contribution in [1.82, 2.24) is 20.0 Å². The van der Waals surface area contributed by atoms with Crippen molar-refractivity contribution in [3.63, 3.8) is 0 Å². The Morgan fingerprint density at radius 3 is 2.69 bits per heavy atom. The third-order valence-corrected chi connectivity index (χ3v) is 3.01. The van der Waals surface area contributed by atoms with E-state index in [0.717, 1.165) is 32.7 Å². The SMILES string of the molecule is CCN1CCN(C(=O)c2cn[nH]c2N)CC1. The molecule has 0 bridgehead atoms. The molecule has 16 heavy (non-hydrogen) atoms. The van der Waals surface area contributed by atoms with Crippen LogP contribution in [0.5, 0.6) is 0 Å². The maximum atomic E-state index is 12.0. The van der Waals surface area contributed by atoms with E-state index in [1.54, 1.807) is 0 Å². The number of anilines is 1. The van der Waals surface area contributed by atoms with Crippen molar-refractivity contribution >= 4 is 11.7 Å². The summed E-state index contributed by atoms with van der Waals surface area (Å²) in [7, 11) is 0. The number of nitrogen functional groups attached to an aromatic ring is 1. The highest BCUT2D eigenvalue weighted by Crippen LogP contribution is 2.12. The standard InChI is InChI=1S/C10H17N5O/c1-2-14-3-5-15(6-4-14)10(16)8-7-12-13-9(8)11/h7H,2-6H2,1H3,(H3,11,12,13). The topological polar surface area (TPSA) is 78.2 Å². The number of hydrogen-bond acceptors (Lipinski definition) is 4. The molecule has 1 saturated heterocycles. The first-order chi connectivity index (χ1) is 7.72. The summed E-state index contributed by atoms with van der Waals surface area (Å²) >= 11 is 0. The lowest BCUT2D eigenvalue weighted by Gasteiger charge is -2.33. The molecule has 0 spiro atoms. The highest BCUT2D eigenvalue weighted by Gasteiger charge is 2.23. The van der Waals surface area contributed by atoms with Crippen LogP contribution >= 0.6 is 0 Å². The van der Waals surface area contributed by atoms with Gasteiger partial charge in [0.25, 0.3) is 5.91 Å². The Kier molecular flexibility index (Phi) is 3.09. The summed E-state index contributed by atoms with van der Waals surface area (Å²) in [6.07, 6.45) is 1.49. The van der Waals surface area contributed by atoms with Gasteiger partial charge < -0.3 is 15.5 Å². The van der Waals surface area contributed by atoms with E-state index in [-0.39, 0.29) is 5.91 Å². The number of amides is 1. The second-order valence-corrected chi connectivity index (χ2v) is 3.92. The predicted molar refractivity (Wildman–Crippen MR) is 61.0 cm³/mol. The molecule has 1 aliphatic heterocycles. The summed E-state index contributed by atoms with van der Waals surface area (Å²) in [5.41, 5.74) is 6.10. The molecule has 1 amide bonds. The van der Waals surface area contributed by atoms with Gasteiger partial charge in [-0.25, -0.2) is 0 Å². The Labute approximate surface area is 94.4 Å². The number of likely N-dealkylation sites (N-methyl/N-ethyl adjacent to an activating group) is 1. The molecule has 3 N–H and O–H groups in total. The molecule has 0 atom stereocenters. The molecule has 2 rings (SSSR count). The highest BCUT2D eigenvalue weighted by molar-refractivity contribution is 5.98. The molecule has 0 aliphatic carbocycles. The summed E-state index contributed by atoms with van der Waals surface area (Å²) in [4.78, 5) is 16.2. The van der Waals surface area contributed by atoms with Crippen LogP contribution < -0.4 is 5.73 Å². The van der Waals surface area contributed by atoms with Crippen molar-refractivity contribution in [2.24, 2.45) is 0 Å². The maximum Gasteiger partial charge on any atom is 0.259 e. The molecule has 1 fully saturated rings. The smallest absolute Gasteiger partial charge is 0.259 e. The summed E-state index contributed by atoms with van der Waals surface area (Å²) in [6.45, 7) is 6.55. The Morgan fingerprint density at radius 2 is 2.19 bits per heavy atom. The van der Waals surface area contributed by atoms with Crippen LogP contribution in [0.4, 0.5) is 5.82 Å². The number of carbonyl (C=O) groups excluding carboxylic acids is 1. The van der Waals surface area contributed by atoms with Gasteiger partial charge in [0.1, 0.15) is 11.4 Å². The molecule has 1 aromatic heterocycles. The first-order valence-corrected chi connectivity index (χ1v) is 5.53. The summed E-state index contributed by atoms with van der Waals surface area (Å²) in [5, 5.41) is 6.34. The number of aromatic amines is 1. The van der Waals surface area contributed by atoms with Gasteiger partial charge in [-0.2, -0.15) is 5.10 Å². The lowest BCUT2D eigenvalue weighted by Crippen LogP contribution is -2.48. The summed E-state index contributed by atoms with van der Waals surface area (Å²) in [6, 6.07) is 0. The molecule has 6 nitrogen and oxygen atoms in total. The molecule has 0 unspecified atom stereocenters. The lowest BCUT2D eigenvalue weighted by molar-refractivity contribution is 0.0644. The van der Waals surface area contributed by atoms with Crippen molar-refractivity contribution in [2.45, 2.75) is 6.92 Å². The first kappa shape index (κ1) is 10.9. The van der Waals surface area contributed by atoms with Crippen molar-refractivity contribution in [1.29, 1.82) is 0 Å². The Morgan fingerprint density at radius 1 is 1.50 bits per heavy atom. The number of nitrogens with one attached hydrogen (secondary N) is 1. The van der Waals surface area contributed by atoms with E-state index < -0.39 is 0 Å². The molecular formula is C10H17N5O. The van der Waals surface area contributed by atoms with Crippen LogP contribution in [0, 0.1) is 0 Å². The lowest BCUT2D eigenvalue weighted by atomic mass is 10.2. The Hall–Kier alpha value is -1.56. The van der Waals surface area contributed by atoms with Crippen LogP contribution in [0.1, 0.15) is 17.3 Å². The molecule has 0 aromatic carbocycles. The summed E-state index contributed by atoms with van der Waals surface area (Å²) < 4.78 is 0. The van der Waals surface area contributed by atoms with Gasteiger partial charge in [-0.15, -0.1) is 0 Å². The minimum Gasteiger partial charge on any atom is -0.383 e. The van der Waals surface area contributed by atoms with Crippen LogP contribution in [0.2, 0.25) is 0 Å². The number of nitrogens with two attached hydrogens (primary N) is 1. The minimum absolute atomic E-state index is 0.0259. The maximum absolute atomic E-state index is 12.0. The van der Waals surface area contributed by atoms with E-state index in [0.29, 0.717) is 11.4 Å². The average molecular weight is 223 g/mol. The van der Waals surface area contributed by atoms with E-state index in [9.17, 15) is 4.79 Å². The minimum atomic E-state index is -0.0259. The number of hydrogen-bond donors (Lipinski definition) is 2. The normalized spacial score (nSPS) is 17.7. The zero-order chi connectivity index (χ0) is 11.5. The first-order valence-electron chi connectivity index (χ1n) is 5.53. The Balaban J connectivity index is 2.00. The second kappa shape index (κ2) is 4.52. The van der Waals surface area contributed by atoms with Crippen molar-refractivity contribution in [3.8, 4) is 0 Å². The van der Waals surface area contributed by atoms with Gasteiger partial charge in [0.05, 0.1) is 6.20 Å². The molecule has 1 aromatic rings. The number of piperazine rings is 1. The fourth-order valence-corrected chi connectivity index (χ4v) is 1.90. The summed E-state index contributed by atoms with van der Waals surface area (Å²) in [5.74, 6) is 0.324. The van der Waals surface area contributed by atoms with Gasteiger partial charge in [-0.05, 0) is 6.54 Å². The molecule has 2 heterocycles. The molecule has 1 aliphatic rings. The third kappa shape index (κ3) is 2.01. The van der Waals surface area contributed by atoms with Crippen LogP contribution in [0.15, 0.2) is 6.20 Å². The highest BCUT2D eigenvalue weighted by atomic mass is 16.2. The zero-order valence-electron chi connectivity index (χ0n) is 9.44. The van der Waals surface area contributed by atoms with Gasteiger partial charge in [0.15, 0.2) is 0 Å².